The maximum atomic E-state index is 12.4. The number of carbonyl (C=O) groups excluding carboxylic acids is 1. The third-order valence-corrected chi connectivity index (χ3v) is 5.37. The Morgan fingerprint density at radius 1 is 1.58 bits per heavy atom. The molecular weight excluding hydrogens is 371 g/mol. The maximum absolute atomic E-state index is 12.4. The Bertz CT molecular complexity index is 850. The van der Waals surface area contributed by atoms with Gasteiger partial charge in [-0.15, -0.1) is 0 Å². The second kappa shape index (κ2) is 5.86. The summed E-state index contributed by atoms with van der Waals surface area (Å²) in [5, 5.41) is 20.6. The molecule has 1 aliphatic rings. The molecule has 1 N–H and O–H groups in total. The molecule has 0 aromatic carbocycles. The standard InChI is InChI=1S/C18H17N2O3Se/c1-9-14-11(12(8-19)17(24)20-9)7-18(3,22)16(10(2)21)15(14)13-5-4-6-23-13/h4-6,15-16,22H,7H2,1-3H3. The van der Waals surface area contributed by atoms with Crippen LogP contribution >= 0.6 is 0 Å². The van der Waals surface area contributed by atoms with Gasteiger partial charge in [-0.1, -0.05) is 0 Å². The number of ketones is 1. The second-order valence-electron chi connectivity index (χ2n) is 6.50. The summed E-state index contributed by atoms with van der Waals surface area (Å²) in [6.07, 6.45) is 1.77. The number of nitriles is 1. The number of carbonyl (C=O) groups is 1. The van der Waals surface area contributed by atoms with Crippen molar-refractivity contribution >= 4 is 26.4 Å². The first-order valence-electron chi connectivity index (χ1n) is 7.64. The molecule has 3 rings (SSSR count). The van der Waals surface area contributed by atoms with E-state index in [0.717, 1.165) is 16.8 Å². The van der Waals surface area contributed by atoms with E-state index in [4.69, 9.17) is 4.42 Å². The van der Waals surface area contributed by atoms with Gasteiger partial charge in [0, 0.05) is 0 Å². The minimum atomic E-state index is -1.28. The topological polar surface area (TPSA) is 87.1 Å². The van der Waals surface area contributed by atoms with Crippen molar-refractivity contribution < 1.29 is 14.3 Å². The molecule has 5 nitrogen and oxygen atoms in total. The van der Waals surface area contributed by atoms with Gasteiger partial charge in [-0.3, -0.25) is 0 Å². The van der Waals surface area contributed by atoms with E-state index in [-0.39, 0.29) is 12.2 Å². The molecule has 0 saturated carbocycles. The molecule has 0 saturated heterocycles. The zero-order valence-electron chi connectivity index (χ0n) is 13.7. The fraction of sp³-hybridized carbons (Fsp3) is 0.389. The van der Waals surface area contributed by atoms with Gasteiger partial charge < -0.3 is 0 Å². The molecule has 2 heterocycles. The van der Waals surface area contributed by atoms with Crippen LogP contribution in [0.5, 0.6) is 0 Å². The van der Waals surface area contributed by atoms with Crippen molar-refractivity contribution in [3.63, 3.8) is 0 Å². The van der Waals surface area contributed by atoms with Crippen LogP contribution in [0.1, 0.15) is 47.9 Å². The van der Waals surface area contributed by atoms with E-state index >= 15 is 0 Å². The quantitative estimate of drug-likeness (QED) is 0.784. The molecule has 2 aromatic heterocycles. The van der Waals surface area contributed by atoms with Gasteiger partial charge in [0.15, 0.2) is 0 Å². The summed E-state index contributed by atoms with van der Waals surface area (Å²) in [4.78, 5) is 16.8. The molecule has 3 atom stereocenters. The summed E-state index contributed by atoms with van der Waals surface area (Å²) >= 11 is 2.82. The van der Waals surface area contributed by atoms with Crippen LogP contribution in [0.4, 0.5) is 0 Å². The van der Waals surface area contributed by atoms with E-state index in [9.17, 15) is 15.2 Å². The van der Waals surface area contributed by atoms with Gasteiger partial charge in [0.1, 0.15) is 0 Å². The number of nitrogens with zero attached hydrogens (tertiary/aromatic N) is 2. The Kier molecular flexibility index (Phi) is 4.13. The van der Waals surface area contributed by atoms with Crippen molar-refractivity contribution in [3.8, 4) is 6.07 Å². The molecule has 1 radical (unpaired) electrons. The zero-order chi connectivity index (χ0) is 17.6. The summed E-state index contributed by atoms with van der Waals surface area (Å²) in [7, 11) is 0. The molecule has 0 spiro atoms. The van der Waals surface area contributed by atoms with Crippen LogP contribution in [0.25, 0.3) is 0 Å². The van der Waals surface area contributed by atoms with Gasteiger partial charge in [-0.25, -0.2) is 0 Å². The third kappa shape index (κ3) is 2.50. The first kappa shape index (κ1) is 16.9. The monoisotopic (exact) mass is 389 g/mol. The number of fused-ring (bicyclic) bond motifs is 1. The number of aryl methyl sites for hydroxylation is 1. The van der Waals surface area contributed by atoms with Crippen molar-refractivity contribution in [2.24, 2.45) is 5.92 Å². The van der Waals surface area contributed by atoms with Gasteiger partial charge in [-0.2, -0.15) is 0 Å². The van der Waals surface area contributed by atoms with Crippen LogP contribution in [0.3, 0.4) is 0 Å². The van der Waals surface area contributed by atoms with Crippen molar-refractivity contribution in [2.45, 2.75) is 38.7 Å². The summed E-state index contributed by atoms with van der Waals surface area (Å²) < 4.78 is 6.10. The van der Waals surface area contributed by atoms with Crippen LogP contribution < -0.4 is 4.59 Å². The molecule has 0 aliphatic heterocycles. The van der Waals surface area contributed by atoms with Crippen molar-refractivity contribution in [1.82, 2.24) is 4.98 Å². The van der Waals surface area contributed by atoms with Gasteiger partial charge >= 0.3 is 148 Å². The van der Waals surface area contributed by atoms with Gasteiger partial charge in [0.25, 0.3) is 0 Å². The zero-order valence-corrected chi connectivity index (χ0v) is 15.4. The first-order chi connectivity index (χ1) is 11.3. The molecule has 3 unspecified atom stereocenters. The molecule has 2 aromatic rings. The Balaban J connectivity index is 2.38. The summed E-state index contributed by atoms with van der Waals surface area (Å²) in [6, 6.07) is 5.73. The fourth-order valence-electron chi connectivity index (χ4n) is 3.90. The van der Waals surface area contributed by atoms with E-state index < -0.39 is 17.4 Å². The molecule has 0 bridgehead atoms. The third-order valence-electron chi connectivity index (χ3n) is 4.75. The molecule has 0 fully saturated rings. The number of furan rings is 1. The average Bonchev–Trinajstić information content (AvgIpc) is 2.98. The number of pyridine rings is 1. The number of hydrogen-bond donors (Lipinski definition) is 1. The number of rotatable bonds is 2. The van der Waals surface area contributed by atoms with Crippen molar-refractivity contribution in [1.29, 1.82) is 5.26 Å². The number of hydrogen-bond acceptors (Lipinski definition) is 5. The Hall–Kier alpha value is -1.93. The molecule has 0 amide bonds. The SMILES string of the molecule is CC(=O)C1C(c2ccco2)c2c(C)nc([Se])c(C#N)c2CC1(C)O. The summed E-state index contributed by atoms with van der Waals surface area (Å²) in [6.45, 7) is 4.98. The van der Waals surface area contributed by atoms with Crippen LogP contribution in [0, 0.1) is 24.2 Å². The number of aromatic nitrogens is 1. The van der Waals surface area contributed by atoms with E-state index in [1.165, 1.54) is 6.92 Å². The van der Waals surface area contributed by atoms with Crippen LogP contribution in [0.2, 0.25) is 0 Å². The predicted octanol–water partition coefficient (Wildman–Crippen LogP) is 1.29. The summed E-state index contributed by atoms with van der Waals surface area (Å²) in [5.41, 5.74) is 1.44. The van der Waals surface area contributed by atoms with Crippen LogP contribution in [0.15, 0.2) is 22.8 Å². The van der Waals surface area contributed by atoms with E-state index in [2.05, 4.69) is 27.1 Å². The van der Waals surface area contributed by atoms with Crippen LogP contribution in [-0.4, -0.2) is 37.5 Å². The van der Waals surface area contributed by atoms with Gasteiger partial charge in [-0.05, 0) is 0 Å². The predicted molar refractivity (Wildman–Crippen MR) is 88.1 cm³/mol. The van der Waals surface area contributed by atoms with E-state index in [1.807, 2.05) is 6.92 Å². The van der Waals surface area contributed by atoms with Gasteiger partial charge in [0.2, 0.25) is 0 Å². The molecule has 24 heavy (non-hydrogen) atoms. The molecule has 123 valence electrons. The average molecular weight is 388 g/mol. The number of Topliss-reactive ketones (excluding diaryl/α,β-unsaturated/α-hetero) is 1. The van der Waals surface area contributed by atoms with Crippen LogP contribution in [-0.2, 0) is 11.2 Å². The first-order valence-corrected chi connectivity index (χ1v) is 8.50. The molecule has 1 aliphatic carbocycles. The van der Waals surface area contributed by atoms with Crippen molar-refractivity contribution in [2.75, 3.05) is 0 Å². The molecular formula is C18H17N2O3Se. The Labute approximate surface area is 148 Å². The van der Waals surface area contributed by atoms with Gasteiger partial charge in [0.05, 0.1) is 0 Å². The van der Waals surface area contributed by atoms with E-state index in [0.29, 0.717) is 15.9 Å². The fourth-order valence-corrected chi connectivity index (χ4v) is 4.54. The van der Waals surface area contributed by atoms with E-state index in [1.54, 1.807) is 25.3 Å². The minimum absolute atomic E-state index is 0.114. The van der Waals surface area contributed by atoms with Crippen molar-refractivity contribution in [3.05, 3.63) is 46.5 Å². The number of aliphatic hydroxyl groups is 1. The second-order valence-corrected chi connectivity index (χ2v) is 7.31. The Morgan fingerprint density at radius 2 is 2.29 bits per heavy atom. The normalized spacial score (nSPS) is 25.8. The Morgan fingerprint density at radius 3 is 2.83 bits per heavy atom. The summed E-state index contributed by atoms with van der Waals surface area (Å²) in [5.74, 6) is -0.638. The molecule has 6 heteroatoms.